The standard InChI is InChI=1S/C18H23NO4/c1-23-14-9-7-12(8-10-14)17-15(18(21)22)11-16(20)19(17)13-5-3-2-4-6-13/h7-10,13,15,17H,2-6,11H2,1H3,(H,21,22)/p-1/t15-,17+/m0/s1. The van der Waals surface area contributed by atoms with Crippen molar-refractivity contribution in [1.82, 2.24) is 4.90 Å². The number of hydrogen-bond donors (Lipinski definition) is 0. The molecule has 1 aliphatic heterocycles. The lowest BCUT2D eigenvalue weighted by atomic mass is 9.90. The van der Waals surface area contributed by atoms with Gasteiger partial charge in [-0.1, -0.05) is 31.4 Å². The predicted octanol–water partition coefficient (Wildman–Crippen LogP) is 1.67. The Morgan fingerprint density at radius 2 is 1.83 bits per heavy atom. The highest BCUT2D eigenvalue weighted by atomic mass is 16.5. The van der Waals surface area contributed by atoms with Gasteiger partial charge in [0.25, 0.3) is 0 Å². The van der Waals surface area contributed by atoms with Gasteiger partial charge in [-0.05, 0) is 30.5 Å². The summed E-state index contributed by atoms with van der Waals surface area (Å²) in [5.74, 6) is -1.27. The number of ether oxygens (including phenoxy) is 1. The number of likely N-dealkylation sites (tertiary alicyclic amines) is 1. The number of nitrogens with zero attached hydrogens (tertiary/aromatic N) is 1. The molecule has 23 heavy (non-hydrogen) atoms. The summed E-state index contributed by atoms with van der Waals surface area (Å²) in [5.41, 5.74) is 0.844. The topological polar surface area (TPSA) is 69.7 Å². The third kappa shape index (κ3) is 3.05. The fourth-order valence-electron chi connectivity index (χ4n) is 3.95. The summed E-state index contributed by atoms with van der Waals surface area (Å²) in [7, 11) is 1.59. The lowest BCUT2D eigenvalue weighted by Crippen LogP contribution is -2.42. The number of carbonyl (C=O) groups is 2. The van der Waals surface area contributed by atoms with Crippen molar-refractivity contribution in [3.8, 4) is 5.75 Å². The molecule has 0 aromatic heterocycles. The summed E-state index contributed by atoms with van der Waals surface area (Å²) in [5, 5.41) is 11.6. The Hall–Kier alpha value is -2.04. The molecule has 124 valence electrons. The highest BCUT2D eigenvalue weighted by molar-refractivity contribution is 5.87. The Morgan fingerprint density at radius 3 is 2.39 bits per heavy atom. The largest absolute Gasteiger partial charge is 0.550 e. The number of hydrogen-bond acceptors (Lipinski definition) is 4. The molecule has 2 fully saturated rings. The first-order valence-electron chi connectivity index (χ1n) is 8.28. The first kappa shape index (κ1) is 15.8. The number of aliphatic carboxylic acids is 1. The maximum absolute atomic E-state index is 12.5. The van der Waals surface area contributed by atoms with Crippen molar-refractivity contribution in [1.29, 1.82) is 0 Å². The molecular formula is C18H22NO4-. The molecule has 0 spiro atoms. The van der Waals surface area contributed by atoms with E-state index in [1.165, 1.54) is 6.42 Å². The second-order valence-electron chi connectivity index (χ2n) is 6.44. The molecule has 0 radical (unpaired) electrons. The van der Waals surface area contributed by atoms with Crippen LogP contribution in [0, 0.1) is 5.92 Å². The van der Waals surface area contributed by atoms with Crippen LogP contribution in [0.5, 0.6) is 5.75 Å². The number of carbonyl (C=O) groups excluding carboxylic acids is 2. The van der Waals surface area contributed by atoms with E-state index in [2.05, 4.69) is 0 Å². The van der Waals surface area contributed by atoms with Gasteiger partial charge in [0.1, 0.15) is 5.75 Å². The normalized spacial score (nSPS) is 25.6. The molecule has 1 aromatic carbocycles. The molecule has 5 nitrogen and oxygen atoms in total. The Morgan fingerprint density at radius 1 is 1.17 bits per heavy atom. The van der Waals surface area contributed by atoms with Crippen LogP contribution in [0.25, 0.3) is 0 Å². The summed E-state index contributed by atoms with van der Waals surface area (Å²) in [6.45, 7) is 0. The third-order valence-electron chi connectivity index (χ3n) is 5.09. The van der Waals surface area contributed by atoms with Crippen molar-refractivity contribution in [3.05, 3.63) is 29.8 Å². The Bertz CT molecular complexity index is 577. The average molecular weight is 316 g/mol. The molecule has 1 aliphatic carbocycles. The maximum atomic E-state index is 12.5. The Kier molecular flexibility index (Phi) is 4.55. The smallest absolute Gasteiger partial charge is 0.224 e. The molecule has 1 saturated carbocycles. The van der Waals surface area contributed by atoms with Crippen molar-refractivity contribution in [2.45, 2.75) is 50.6 Å². The third-order valence-corrected chi connectivity index (χ3v) is 5.09. The van der Waals surface area contributed by atoms with E-state index < -0.39 is 17.9 Å². The van der Waals surface area contributed by atoms with E-state index >= 15 is 0 Å². The monoisotopic (exact) mass is 316 g/mol. The zero-order chi connectivity index (χ0) is 16.4. The minimum Gasteiger partial charge on any atom is -0.550 e. The van der Waals surface area contributed by atoms with Crippen LogP contribution in [0.1, 0.15) is 50.1 Å². The summed E-state index contributed by atoms with van der Waals surface area (Å²) in [4.78, 5) is 25.9. The van der Waals surface area contributed by atoms with Gasteiger partial charge in [-0.15, -0.1) is 0 Å². The quantitative estimate of drug-likeness (QED) is 0.847. The molecule has 0 N–H and O–H groups in total. The minimum absolute atomic E-state index is 0.0372. The second-order valence-corrected chi connectivity index (χ2v) is 6.44. The van der Waals surface area contributed by atoms with Crippen LogP contribution in [0.2, 0.25) is 0 Å². The zero-order valence-electron chi connectivity index (χ0n) is 13.4. The molecule has 2 atom stereocenters. The van der Waals surface area contributed by atoms with Crippen LogP contribution in [-0.4, -0.2) is 29.9 Å². The van der Waals surface area contributed by atoms with Crippen molar-refractivity contribution in [2.75, 3.05) is 7.11 Å². The highest BCUT2D eigenvalue weighted by Gasteiger charge is 2.44. The predicted molar refractivity (Wildman–Crippen MR) is 82.6 cm³/mol. The molecular weight excluding hydrogens is 294 g/mol. The lowest BCUT2D eigenvalue weighted by Gasteiger charge is -2.37. The molecule has 1 aromatic rings. The van der Waals surface area contributed by atoms with Crippen LogP contribution >= 0.6 is 0 Å². The van der Waals surface area contributed by atoms with Crippen LogP contribution in [0.4, 0.5) is 0 Å². The van der Waals surface area contributed by atoms with Crippen LogP contribution in [0.15, 0.2) is 24.3 Å². The van der Waals surface area contributed by atoms with Crippen molar-refractivity contribution < 1.29 is 19.4 Å². The minimum atomic E-state index is -1.14. The summed E-state index contributed by atoms with van der Waals surface area (Å²) in [6.07, 6.45) is 5.33. The molecule has 0 unspecified atom stereocenters. The van der Waals surface area contributed by atoms with Crippen LogP contribution in [0.3, 0.4) is 0 Å². The van der Waals surface area contributed by atoms with Gasteiger partial charge in [-0.3, -0.25) is 4.79 Å². The van der Waals surface area contributed by atoms with Gasteiger partial charge in [0.05, 0.1) is 13.2 Å². The van der Waals surface area contributed by atoms with Gasteiger partial charge in [-0.25, -0.2) is 0 Å². The molecule has 2 aliphatic rings. The summed E-state index contributed by atoms with van der Waals surface area (Å²) in [6, 6.07) is 7.05. The van der Waals surface area contributed by atoms with E-state index in [0.29, 0.717) is 5.75 Å². The second kappa shape index (κ2) is 6.60. The molecule has 1 saturated heterocycles. The fraction of sp³-hybridized carbons (Fsp3) is 0.556. The van der Waals surface area contributed by atoms with E-state index in [4.69, 9.17) is 4.74 Å². The highest BCUT2D eigenvalue weighted by Crippen LogP contribution is 2.42. The van der Waals surface area contributed by atoms with Crippen LogP contribution in [-0.2, 0) is 9.59 Å². The van der Waals surface area contributed by atoms with Gasteiger partial charge in [0.2, 0.25) is 5.91 Å². The number of amides is 1. The molecule has 1 heterocycles. The maximum Gasteiger partial charge on any atom is 0.224 e. The SMILES string of the molecule is COc1ccc([C@@H]2[C@@H](C(=O)[O-])CC(=O)N2C2CCCCC2)cc1. The van der Waals surface area contributed by atoms with E-state index in [9.17, 15) is 14.7 Å². The van der Waals surface area contributed by atoms with Gasteiger partial charge >= 0.3 is 0 Å². The number of benzene rings is 1. The number of carboxylic acids is 1. The average Bonchev–Trinajstić information content (AvgIpc) is 2.93. The summed E-state index contributed by atoms with van der Waals surface area (Å²) >= 11 is 0. The van der Waals surface area contributed by atoms with Crippen molar-refractivity contribution >= 4 is 11.9 Å². The van der Waals surface area contributed by atoms with Crippen molar-refractivity contribution in [3.63, 3.8) is 0 Å². The number of carboxylic acid groups (broad SMARTS) is 1. The Labute approximate surface area is 136 Å². The first-order chi connectivity index (χ1) is 11.1. The number of methoxy groups -OCH3 is 1. The lowest BCUT2D eigenvalue weighted by molar-refractivity contribution is -0.312. The zero-order valence-corrected chi connectivity index (χ0v) is 13.4. The van der Waals surface area contributed by atoms with E-state index in [1.54, 1.807) is 7.11 Å². The Balaban J connectivity index is 1.94. The van der Waals surface area contributed by atoms with E-state index in [0.717, 1.165) is 31.2 Å². The van der Waals surface area contributed by atoms with Gasteiger partial charge in [0, 0.05) is 24.3 Å². The number of rotatable bonds is 4. The van der Waals surface area contributed by atoms with Gasteiger partial charge in [-0.2, -0.15) is 0 Å². The first-order valence-corrected chi connectivity index (χ1v) is 8.28. The molecule has 3 rings (SSSR count). The molecule has 5 heteroatoms. The molecule has 0 bridgehead atoms. The van der Waals surface area contributed by atoms with Gasteiger partial charge in [0.15, 0.2) is 0 Å². The van der Waals surface area contributed by atoms with Crippen molar-refractivity contribution in [2.24, 2.45) is 5.92 Å². The van der Waals surface area contributed by atoms with Crippen LogP contribution < -0.4 is 9.84 Å². The van der Waals surface area contributed by atoms with E-state index in [1.807, 2.05) is 29.2 Å². The van der Waals surface area contributed by atoms with E-state index in [-0.39, 0.29) is 18.4 Å². The fourth-order valence-corrected chi connectivity index (χ4v) is 3.95. The molecule has 1 amide bonds. The summed E-state index contributed by atoms with van der Waals surface area (Å²) < 4.78 is 5.16. The van der Waals surface area contributed by atoms with Gasteiger partial charge < -0.3 is 19.5 Å².